The van der Waals surface area contributed by atoms with E-state index in [1.165, 1.54) is 102 Å². The highest BCUT2D eigenvalue weighted by Gasteiger charge is 2.57. The first-order chi connectivity index (χ1) is 29.0. The molecule has 8 aromatic carbocycles. The van der Waals surface area contributed by atoms with Crippen LogP contribution in [0.4, 0.5) is 11.4 Å². The maximum Gasteiger partial charge on any atom is 0.179 e. The van der Waals surface area contributed by atoms with Crippen LogP contribution >= 0.6 is 0 Å². The maximum absolute atomic E-state index is 2.76. The molecule has 1 aliphatic heterocycles. The third kappa shape index (κ3) is 5.24. The Labute approximate surface area is 349 Å². The zero-order chi connectivity index (χ0) is 39.6. The predicted molar refractivity (Wildman–Crippen MR) is 253 cm³/mol. The normalized spacial score (nSPS) is 18.8. The number of aromatic nitrogens is 1. The van der Waals surface area contributed by atoms with Crippen LogP contribution in [-0.2, 0) is 5.41 Å². The van der Waals surface area contributed by atoms with Gasteiger partial charge in [0.05, 0.1) is 16.6 Å². The number of nitrogens with zero attached hydrogens (tertiary/aromatic N) is 2. The molecular weight excluding hydrogens is 729 g/mol. The average Bonchev–Trinajstić information content (AvgIpc) is 3.74. The van der Waals surface area contributed by atoms with Crippen molar-refractivity contribution >= 4 is 62.0 Å². The van der Waals surface area contributed by atoms with Crippen molar-refractivity contribution in [2.75, 3.05) is 4.90 Å². The Morgan fingerprint density at radius 1 is 0.458 bits per heavy atom. The minimum atomic E-state index is -2.76. The van der Waals surface area contributed by atoms with Crippen molar-refractivity contribution in [1.82, 2.24) is 4.57 Å². The van der Waals surface area contributed by atoms with Crippen LogP contribution in [0, 0.1) is 0 Å². The second-order valence-electron chi connectivity index (χ2n) is 17.2. The molecule has 286 valence electrons. The van der Waals surface area contributed by atoms with Gasteiger partial charge >= 0.3 is 0 Å². The van der Waals surface area contributed by atoms with Crippen LogP contribution in [-0.4, -0.2) is 18.2 Å². The lowest BCUT2D eigenvalue weighted by Crippen LogP contribution is -2.74. The van der Waals surface area contributed by atoms with Crippen molar-refractivity contribution < 1.29 is 0 Å². The predicted octanol–water partition coefficient (Wildman–Crippen LogP) is 11.6. The van der Waals surface area contributed by atoms with E-state index in [9.17, 15) is 0 Å². The Balaban J connectivity index is 1.19. The minimum Gasteiger partial charge on any atom is -0.334 e. The summed E-state index contributed by atoms with van der Waals surface area (Å²) in [7, 11) is -2.76. The standard InChI is InChI=1S/C56H48N2Si/c1-55-37-17-18-38-56(55,2)58(52-33-16-15-32-50(52)55)43-35-36-51-49(40-43)54-48(41-21-7-3-8-22-41)31-20-34-53(54)57(51)42-23-19-30-47(39-42)59(44-24-9-4-10-25-44,45-26-11-5-12-27-45)46-28-13-6-14-29-46/h3-16,19-36,39-40H,17-18,37-38H2,1-2H3. The lowest BCUT2D eigenvalue weighted by molar-refractivity contribution is 0.195. The van der Waals surface area contributed by atoms with E-state index >= 15 is 0 Å². The minimum absolute atomic E-state index is 0.0160. The van der Waals surface area contributed by atoms with Gasteiger partial charge in [0, 0.05) is 33.2 Å². The Morgan fingerprint density at radius 2 is 1.03 bits per heavy atom. The van der Waals surface area contributed by atoms with Gasteiger partial charge < -0.3 is 9.47 Å². The number of anilines is 2. The van der Waals surface area contributed by atoms with Gasteiger partial charge in [0.1, 0.15) is 0 Å². The number of fused-ring (bicyclic) bond motifs is 6. The SMILES string of the molecule is CC12CCCCC1(C)N(c1ccc3c(c1)c1c(-c4ccccc4)cccc1n3-c1cccc([Si](c3ccccc3)(c3ccccc3)c3ccccc3)c1)c1ccccc12. The monoisotopic (exact) mass is 776 g/mol. The Hall–Kier alpha value is -6.42. The molecule has 0 N–H and O–H groups in total. The number of rotatable bonds is 7. The van der Waals surface area contributed by atoms with Crippen molar-refractivity contribution in [2.45, 2.75) is 50.5 Å². The zero-order valence-corrected chi connectivity index (χ0v) is 34.9. The summed E-state index contributed by atoms with van der Waals surface area (Å²) in [4.78, 5) is 2.72. The number of hydrogen-bond donors (Lipinski definition) is 0. The van der Waals surface area contributed by atoms with Crippen LogP contribution in [0.15, 0.2) is 206 Å². The van der Waals surface area contributed by atoms with Gasteiger partial charge in [0.15, 0.2) is 8.07 Å². The summed E-state index contributed by atoms with van der Waals surface area (Å²) in [6, 6.07) is 77.6. The van der Waals surface area contributed by atoms with Gasteiger partial charge in [0.2, 0.25) is 0 Å². The van der Waals surface area contributed by atoms with Gasteiger partial charge in [0.25, 0.3) is 0 Å². The largest absolute Gasteiger partial charge is 0.334 e. The molecule has 0 spiro atoms. The summed E-state index contributed by atoms with van der Waals surface area (Å²) < 4.78 is 2.54. The average molecular weight is 777 g/mol. The van der Waals surface area contributed by atoms with E-state index in [4.69, 9.17) is 0 Å². The molecule has 1 aromatic heterocycles. The van der Waals surface area contributed by atoms with Crippen molar-refractivity contribution in [3.8, 4) is 16.8 Å². The first-order valence-electron chi connectivity index (χ1n) is 21.3. The summed E-state index contributed by atoms with van der Waals surface area (Å²) in [6.45, 7) is 5.06. The van der Waals surface area contributed by atoms with E-state index in [2.05, 4.69) is 230 Å². The summed E-state index contributed by atoms with van der Waals surface area (Å²) in [5, 5.41) is 8.07. The van der Waals surface area contributed by atoms with E-state index in [-0.39, 0.29) is 11.0 Å². The fourth-order valence-corrected chi connectivity index (χ4v) is 16.2. The maximum atomic E-state index is 2.72. The molecule has 2 nitrogen and oxygen atoms in total. The highest BCUT2D eigenvalue weighted by Crippen LogP contribution is 2.61. The van der Waals surface area contributed by atoms with Gasteiger partial charge in [-0.2, -0.15) is 0 Å². The van der Waals surface area contributed by atoms with E-state index < -0.39 is 8.07 Å². The van der Waals surface area contributed by atoms with Crippen molar-refractivity contribution in [3.63, 3.8) is 0 Å². The number of hydrogen-bond acceptors (Lipinski definition) is 1. The molecule has 2 aliphatic rings. The molecule has 2 heterocycles. The summed E-state index contributed by atoms with van der Waals surface area (Å²) in [5.74, 6) is 0. The van der Waals surface area contributed by atoms with E-state index in [0.717, 1.165) is 0 Å². The molecule has 9 aromatic rings. The molecule has 3 heteroatoms. The summed E-state index contributed by atoms with van der Waals surface area (Å²) >= 11 is 0. The van der Waals surface area contributed by atoms with Crippen LogP contribution in [0.2, 0.25) is 0 Å². The van der Waals surface area contributed by atoms with E-state index in [0.29, 0.717) is 0 Å². The molecular formula is C56H48N2Si. The van der Waals surface area contributed by atoms with Crippen LogP contribution < -0.4 is 25.6 Å². The molecule has 11 rings (SSSR count). The van der Waals surface area contributed by atoms with Crippen molar-refractivity contribution in [1.29, 1.82) is 0 Å². The van der Waals surface area contributed by atoms with Crippen molar-refractivity contribution in [3.05, 3.63) is 212 Å². The van der Waals surface area contributed by atoms with Gasteiger partial charge in [-0.1, -0.05) is 184 Å². The summed E-state index contributed by atoms with van der Waals surface area (Å²) in [6.07, 6.45) is 4.93. The van der Waals surface area contributed by atoms with E-state index in [1.807, 2.05) is 0 Å². The molecule has 2 atom stereocenters. The molecule has 59 heavy (non-hydrogen) atoms. The number of para-hydroxylation sites is 1. The Bertz CT molecular complexity index is 2880. The van der Waals surface area contributed by atoms with Gasteiger partial charge in [-0.3, -0.25) is 0 Å². The first kappa shape index (κ1) is 35.7. The second kappa shape index (κ2) is 13.9. The molecule has 0 saturated heterocycles. The lowest BCUT2D eigenvalue weighted by atomic mass is 9.61. The third-order valence-electron chi connectivity index (χ3n) is 14.3. The van der Waals surface area contributed by atoms with E-state index in [1.54, 1.807) is 0 Å². The fourth-order valence-electron chi connectivity index (χ4n) is 11.4. The molecule has 0 bridgehead atoms. The van der Waals surface area contributed by atoms with Crippen LogP contribution in [0.5, 0.6) is 0 Å². The smallest absolute Gasteiger partial charge is 0.179 e. The lowest BCUT2D eigenvalue weighted by Gasteiger charge is -2.50. The van der Waals surface area contributed by atoms with Crippen LogP contribution in [0.1, 0.15) is 45.1 Å². The quantitative estimate of drug-likeness (QED) is 0.116. The molecule has 2 unspecified atom stereocenters. The molecule has 1 saturated carbocycles. The van der Waals surface area contributed by atoms with Crippen LogP contribution in [0.25, 0.3) is 38.6 Å². The topological polar surface area (TPSA) is 8.17 Å². The van der Waals surface area contributed by atoms with Crippen molar-refractivity contribution in [2.24, 2.45) is 0 Å². The second-order valence-corrected chi connectivity index (χ2v) is 21.0. The highest BCUT2D eigenvalue weighted by atomic mass is 28.3. The Kier molecular flexibility index (Phi) is 8.39. The third-order valence-corrected chi connectivity index (χ3v) is 19.1. The number of benzene rings is 8. The zero-order valence-electron chi connectivity index (χ0n) is 33.9. The fraction of sp³-hybridized carbons (Fsp3) is 0.143. The van der Waals surface area contributed by atoms with Gasteiger partial charge in [-0.05, 0) is 99.7 Å². The molecule has 0 radical (unpaired) electrons. The first-order valence-corrected chi connectivity index (χ1v) is 23.3. The van der Waals surface area contributed by atoms with Crippen LogP contribution in [0.3, 0.4) is 0 Å². The molecule has 1 aliphatic carbocycles. The van der Waals surface area contributed by atoms with Gasteiger partial charge in [-0.25, -0.2) is 0 Å². The molecule has 0 amide bonds. The molecule has 1 fully saturated rings. The Morgan fingerprint density at radius 3 is 1.71 bits per heavy atom. The highest BCUT2D eigenvalue weighted by molar-refractivity contribution is 7.19. The van der Waals surface area contributed by atoms with Gasteiger partial charge in [-0.15, -0.1) is 0 Å². The summed E-state index contributed by atoms with van der Waals surface area (Å²) in [5.41, 5.74) is 10.3.